The number of nitro benzene ring substituents is 1. The highest BCUT2D eigenvalue weighted by atomic mass is 16.6. The zero-order chi connectivity index (χ0) is 15.5. The Labute approximate surface area is 127 Å². The molecule has 1 heterocycles. The number of para-hydroxylation sites is 1. The molecule has 2 aromatic rings. The highest BCUT2D eigenvalue weighted by Crippen LogP contribution is 2.28. The molecule has 1 aromatic carbocycles. The number of carbonyl (C=O) groups is 1. The number of aromatic amines is 1. The molecule has 0 atom stereocenters. The van der Waals surface area contributed by atoms with E-state index < -0.39 is 4.92 Å². The molecule has 1 aliphatic rings. The Balaban J connectivity index is 1.81. The van der Waals surface area contributed by atoms with Gasteiger partial charge in [0.15, 0.2) is 0 Å². The van der Waals surface area contributed by atoms with Gasteiger partial charge < -0.3 is 10.3 Å². The van der Waals surface area contributed by atoms with Gasteiger partial charge in [0.05, 0.1) is 16.2 Å². The Kier molecular flexibility index (Phi) is 3.91. The van der Waals surface area contributed by atoms with Gasteiger partial charge in [-0.15, -0.1) is 0 Å². The minimum atomic E-state index is -0.422. The van der Waals surface area contributed by atoms with Crippen molar-refractivity contribution in [3.63, 3.8) is 0 Å². The van der Waals surface area contributed by atoms with E-state index in [9.17, 15) is 14.9 Å². The van der Waals surface area contributed by atoms with Crippen molar-refractivity contribution in [1.82, 2.24) is 10.3 Å². The van der Waals surface area contributed by atoms with Crippen LogP contribution in [0.5, 0.6) is 0 Å². The third kappa shape index (κ3) is 2.86. The van der Waals surface area contributed by atoms with Gasteiger partial charge in [0.2, 0.25) is 0 Å². The Morgan fingerprint density at radius 3 is 2.64 bits per heavy atom. The zero-order valence-corrected chi connectivity index (χ0v) is 12.0. The van der Waals surface area contributed by atoms with E-state index in [1.54, 1.807) is 30.3 Å². The molecule has 2 N–H and O–H groups in total. The molecule has 6 heteroatoms. The molecule has 0 bridgehead atoms. The van der Waals surface area contributed by atoms with Crippen molar-refractivity contribution in [3.05, 3.63) is 52.2 Å². The molecular weight excluding hydrogens is 282 g/mol. The van der Waals surface area contributed by atoms with Crippen LogP contribution in [0, 0.1) is 10.1 Å². The molecule has 1 aliphatic carbocycles. The van der Waals surface area contributed by atoms with Crippen molar-refractivity contribution < 1.29 is 9.72 Å². The van der Waals surface area contributed by atoms with E-state index in [2.05, 4.69) is 10.3 Å². The van der Waals surface area contributed by atoms with E-state index in [-0.39, 0.29) is 17.6 Å². The van der Waals surface area contributed by atoms with Crippen molar-refractivity contribution in [1.29, 1.82) is 0 Å². The molecule has 1 amide bonds. The topological polar surface area (TPSA) is 88.0 Å². The van der Waals surface area contributed by atoms with Gasteiger partial charge in [-0.25, -0.2) is 0 Å². The van der Waals surface area contributed by atoms with Gasteiger partial charge >= 0.3 is 0 Å². The number of nitrogens with zero attached hydrogens (tertiary/aromatic N) is 1. The first-order valence-electron chi connectivity index (χ1n) is 7.39. The molecule has 0 spiro atoms. The number of carbonyl (C=O) groups excluding carboxylic acids is 1. The van der Waals surface area contributed by atoms with Crippen LogP contribution in [0.3, 0.4) is 0 Å². The first kappa shape index (κ1) is 14.3. The first-order valence-corrected chi connectivity index (χ1v) is 7.39. The normalized spacial score (nSPS) is 14.9. The van der Waals surface area contributed by atoms with Crippen LogP contribution in [0.4, 0.5) is 5.69 Å². The maximum atomic E-state index is 12.2. The van der Waals surface area contributed by atoms with Crippen molar-refractivity contribution in [3.8, 4) is 11.3 Å². The Morgan fingerprint density at radius 2 is 1.91 bits per heavy atom. The van der Waals surface area contributed by atoms with E-state index in [0.717, 1.165) is 25.7 Å². The van der Waals surface area contributed by atoms with Crippen LogP contribution in [-0.4, -0.2) is 21.9 Å². The molecule has 6 nitrogen and oxygen atoms in total. The Hall–Kier alpha value is -2.63. The lowest BCUT2D eigenvalue weighted by atomic mass is 10.1. The fraction of sp³-hybridized carbons (Fsp3) is 0.312. The predicted octanol–water partition coefficient (Wildman–Crippen LogP) is 3.26. The summed E-state index contributed by atoms with van der Waals surface area (Å²) < 4.78 is 0. The van der Waals surface area contributed by atoms with E-state index >= 15 is 0 Å². The van der Waals surface area contributed by atoms with Gasteiger partial charge in [0.1, 0.15) is 5.69 Å². The lowest BCUT2D eigenvalue weighted by molar-refractivity contribution is -0.384. The molecule has 0 radical (unpaired) electrons. The van der Waals surface area contributed by atoms with Crippen molar-refractivity contribution in [2.75, 3.05) is 0 Å². The van der Waals surface area contributed by atoms with Crippen LogP contribution in [0.15, 0.2) is 36.4 Å². The number of benzene rings is 1. The minimum absolute atomic E-state index is 0.0205. The van der Waals surface area contributed by atoms with Crippen LogP contribution >= 0.6 is 0 Å². The number of rotatable bonds is 4. The highest BCUT2D eigenvalue weighted by Gasteiger charge is 2.20. The standard InChI is InChI=1S/C16H17N3O3/c20-16(17-11-5-1-2-6-11)14-10-9-13(18-14)12-7-3-4-8-15(12)19(21)22/h3-4,7-11,18H,1-2,5-6H2,(H,17,20). The molecule has 1 aromatic heterocycles. The van der Waals surface area contributed by atoms with Crippen molar-refractivity contribution >= 4 is 11.6 Å². The third-order valence-electron chi connectivity index (χ3n) is 4.01. The molecule has 0 unspecified atom stereocenters. The molecule has 114 valence electrons. The predicted molar refractivity (Wildman–Crippen MR) is 82.6 cm³/mol. The summed E-state index contributed by atoms with van der Waals surface area (Å²) in [5.74, 6) is -0.156. The molecule has 3 rings (SSSR count). The fourth-order valence-electron chi connectivity index (χ4n) is 2.88. The zero-order valence-electron chi connectivity index (χ0n) is 12.0. The van der Waals surface area contributed by atoms with E-state index in [4.69, 9.17) is 0 Å². The number of H-pyrrole nitrogens is 1. The van der Waals surface area contributed by atoms with Crippen LogP contribution in [-0.2, 0) is 0 Å². The van der Waals surface area contributed by atoms with Gasteiger partial charge in [-0.2, -0.15) is 0 Å². The summed E-state index contributed by atoms with van der Waals surface area (Å²) in [5, 5.41) is 14.1. The quantitative estimate of drug-likeness (QED) is 0.671. The number of hydrogen-bond donors (Lipinski definition) is 2. The molecular formula is C16H17N3O3. The molecule has 1 fully saturated rings. The average molecular weight is 299 g/mol. The molecule has 0 aliphatic heterocycles. The average Bonchev–Trinajstić information content (AvgIpc) is 3.18. The van der Waals surface area contributed by atoms with Crippen LogP contribution in [0.1, 0.15) is 36.2 Å². The van der Waals surface area contributed by atoms with Crippen LogP contribution in [0.25, 0.3) is 11.3 Å². The van der Waals surface area contributed by atoms with Gasteiger partial charge in [0.25, 0.3) is 11.6 Å². The van der Waals surface area contributed by atoms with E-state index in [1.165, 1.54) is 6.07 Å². The number of nitro groups is 1. The van der Waals surface area contributed by atoms with Gasteiger partial charge in [-0.1, -0.05) is 25.0 Å². The SMILES string of the molecule is O=C(NC1CCCC1)c1ccc(-c2ccccc2[N+](=O)[O-])[nH]1. The first-order chi connectivity index (χ1) is 10.6. The van der Waals surface area contributed by atoms with E-state index in [0.29, 0.717) is 17.0 Å². The largest absolute Gasteiger partial charge is 0.350 e. The molecule has 1 saturated carbocycles. The number of amides is 1. The Morgan fingerprint density at radius 1 is 1.18 bits per heavy atom. The lowest BCUT2D eigenvalue weighted by Crippen LogP contribution is -2.32. The van der Waals surface area contributed by atoms with Crippen LogP contribution < -0.4 is 5.32 Å². The monoisotopic (exact) mass is 299 g/mol. The summed E-state index contributed by atoms with van der Waals surface area (Å²) in [7, 11) is 0. The van der Waals surface area contributed by atoms with Gasteiger partial charge in [-0.3, -0.25) is 14.9 Å². The maximum Gasteiger partial charge on any atom is 0.278 e. The highest BCUT2D eigenvalue weighted by molar-refractivity contribution is 5.93. The number of hydrogen-bond acceptors (Lipinski definition) is 3. The maximum absolute atomic E-state index is 12.2. The number of aromatic nitrogens is 1. The summed E-state index contributed by atoms with van der Waals surface area (Å²) in [6, 6.07) is 10.1. The van der Waals surface area contributed by atoms with Crippen LogP contribution in [0.2, 0.25) is 0 Å². The molecule has 22 heavy (non-hydrogen) atoms. The second-order valence-corrected chi connectivity index (χ2v) is 5.51. The second-order valence-electron chi connectivity index (χ2n) is 5.51. The molecule has 0 saturated heterocycles. The fourth-order valence-corrected chi connectivity index (χ4v) is 2.88. The Bertz CT molecular complexity index is 702. The third-order valence-corrected chi connectivity index (χ3v) is 4.01. The smallest absolute Gasteiger partial charge is 0.278 e. The van der Waals surface area contributed by atoms with Gasteiger partial charge in [0, 0.05) is 12.1 Å². The van der Waals surface area contributed by atoms with Crippen molar-refractivity contribution in [2.24, 2.45) is 0 Å². The second kappa shape index (κ2) is 6.01. The van der Waals surface area contributed by atoms with E-state index in [1.807, 2.05) is 0 Å². The summed E-state index contributed by atoms with van der Waals surface area (Å²) in [6.45, 7) is 0. The summed E-state index contributed by atoms with van der Waals surface area (Å²) in [4.78, 5) is 25.8. The summed E-state index contributed by atoms with van der Waals surface area (Å²) >= 11 is 0. The van der Waals surface area contributed by atoms with Gasteiger partial charge in [-0.05, 0) is 31.0 Å². The summed E-state index contributed by atoms with van der Waals surface area (Å²) in [5.41, 5.74) is 1.50. The minimum Gasteiger partial charge on any atom is -0.350 e. The van der Waals surface area contributed by atoms with Crippen molar-refractivity contribution in [2.45, 2.75) is 31.7 Å². The lowest BCUT2D eigenvalue weighted by Gasteiger charge is -2.10. The summed E-state index contributed by atoms with van der Waals surface area (Å²) in [6.07, 6.45) is 4.33. The number of nitrogens with one attached hydrogen (secondary N) is 2.